The molecule has 0 unspecified atom stereocenters. The third-order valence-electron chi connectivity index (χ3n) is 12.6. The van der Waals surface area contributed by atoms with Crippen molar-refractivity contribution in [3.05, 3.63) is 24.3 Å². The molecule has 0 bridgehead atoms. The van der Waals surface area contributed by atoms with Crippen molar-refractivity contribution in [1.82, 2.24) is 0 Å². The van der Waals surface area contributed by atoms with E-state index in [9.17, 15) is 14.7 Å². The maximum Gasteiger partial charge on any atom is 0.310 e. The molecular weight excluding hydrogens is 408 g/mol. The van der Waals surface area contributed by atoms with E-state index in [1.165, 1.54) is 18.4 Å². The Kier molecular flexibility index (Phi) is 4.85. The summed E-state index contributed by atoms with van der Waals surface area (Å²) in [4.78, 5) is 26.3. The average molecular weight is 453 g/mol. The smallest absolute Gasteiger partial charge is 0.310 e. The highest BCUT2D eigenvalue weighted by atomic mass is 16.4. The van der Waals surface area contributed by atoms with E-state index >= 15 is 0 Å². The molecule has 0 heterocycles. The molecule has 0 saturated heterocycles. The highest BCUT2D eigenvalue weighted by molar-refractivity contribution is 5.96. The SMILES string of the molecule is C=C(C)[C@@H]1CC[C@]2(C)CC[C@]3(C)[C@H](CC[C@H]4[C@@]5(C)C=CC(=O)C(C)(C)[C@@H]5CC[C@]43C(=O)O)[C@@H]12. The van der Waals surface area contributed by atoms with Crippen molar-refractivity contribution in [3.8, 4) is 0 Å². The molecule has 5 aliphatic rings. The van der Waals surface area contributed by atoms with Crippen LogP contribution in [0.1, 0.15) is 92.9 Å². The van der Waals surface area contributed by atoms with Gasteiger partial charge in [0.2, 0.25) is 0 Å². The van der Waals surface area contributed by atoms with E-state index in [0.717, 1.165) is 32.1 Å². The minimum Gasteiger partial charge on any atom is -0.481 e. The molecule has 4 saturated carbocycles. The van der Waals surface area contributed by atoms with Gasteiger partial charge in [-0.1, -0.05) is 52.8 Å². The predicted molar refractivity (Wildman–Crippen MR) is 132 cm³/mol. The summed E-state index contributed by atoms with van der Waals surface area (Å²) in [6, 6.07) is 0. The third-order valence-corrected chi connectivity index (χ3v) is 12.6. The van der Waals surface area contributed by atoms with E-state index in [2.05, 4.69) is 54.2 Å². The normalized spacial score (nSPS) is 52.3. The van der Waals surface area contributed by atoms with Crippen molar-refractivity contribution < 1.29 is 14.7 Å². The highest BCUT2D eigenvalue weighted by Crippen LogP contribution is 2.76. The van der Waals surface area contributed by atoms with Crippen LogP contribution in [0.15, 0.2) is 24.3 Å². The minimum atomic E-state index is -0.717. The first-order valence-corrected chi connectivity index (χ1v) is 13.4. The Balaban J connectivity index is 1.65. The fraction of sp³-hybridized carbons (Fsp3) is 0.800. The lowest BCUT2D eigenvalue weighted by Crippen LogP contribution is -2.68. The number of carboxylic acid groups (broad SMARTS) is 1. The summed E-state index contributed by atoms with van der Waals surface area (Å²) >= 11 is 0. The number of allylic oxidation sites excluding steroid dienone is 3. The molecule has 0 aromatic rings. The maximum atomic E-state index is 13.5. The minimum absolute atomic E-state index is 0.0835. The Morgan fingerprint density at radius 1 is 0.970 bits per heavy atom. The lowest BCUT2D eigenvalue weighted by atomic mass is 9.32. The van der Waals surface area contributed by atoms with Crippen LogP contribution in [-0.4, -0.2) is 16.9 Å². The molecule has 4 fully saturated rings. The standard InChI is InChI=1S/C30H44O3/c1-18(2)19-10-13-27(5)16-17-29(7)20(24(19)27)8-9-22-28(6)14-12-23(31)26(3,4)21(28)11-15-30(22,29)25(32)33/h12,14,19-22,24H,1,8-11,13,15-17H2,2-7H3,(H,32,33)/t19-,20+,21-,22-,24+,27+,28-,29+,30+/m0/s1. The van der Waals surface area contributed by atoms with Crippen molar-refractivity contribution in [2.75, 3.05) is 0 Å². The molecule has 5 rings (SSSR count). The second-order valence-electron chi connectivity index (χ2n) is 14.0. The third kappa shape index (κ3) is 2.63. The van der Waals surface area contributed by atoms with Gasteiger partial charge in [-0.3, -0.25) is 9.59 Å². The first kappa shape index (κ1) is 23.4. The zero-order valence-corrected chi connectivity index (χ0v) is 21.7. The summed E-state index contributed by atoms with van der Waals surface area (Å²) in [5, 5.41) is 11.1. The lowest BCUT2D eigenvalue weighted by molar-refractivity contribution is -0.232. The number of carboxylic acids is 1. The van der Waals surface area contributed by atoms with Gasteiger partial charge in [-0.05, 0) is 110 Å². The molecule has 3 nitrogen and oxygen atoms in total. The number of aliphatic carboxylic acids is 1. The zero-order chi connectivity index (χ0) is 24.2. The molecule has 0 aliphatic heterocycles. The van der Waals surface area contributed by atoms with Crippen molar-refractivity contribution in [3.63, 3.8) is 0 Å². The van der Waals surface area contributed by atoms with E-state index in [-0.39, 0.29) is 28.4 Å². The van der Waals surface area contributed by atoms with Gasteiger partial charge in [-0.15, -0.1) is 0 Å². The van der Waals surface area contributed by atoms with Gasteiger partial charge >= 0.3 is 5.97 Å². The van der Waals surface area contributed by atoms with Crippen molar-refractivity contribution in [2.24, 2.45) is 56.7 Å². The van der Waals surface area contributed by atoms with E-state index in [0.29, 0.717) is 29.6 Å². The van der Waals surface area contributed by atoms with Crippen molar-refractivity contribution in [2.45, 2.75) is 92.9 Å². The Hall–Kier alpha value is -1.38. The summed E-state index contributed by atoms with van der Waals surface area (Å²) in [7, 11) is 0. The van der Waals surface area contributed by atoms with Gasteiger partial charge in [0, 0.05) is 5.41 Å². The molecule has 9 atom stereocenters. The van der Waals surface area contributed by atoms with Crippen molar-refractivity contribution >= 4 is 11.8 Å². The number of rotatable bonds is 2. The molecule has 0 aromatic carbocycles. The summed E-state index contributed by atoms with van der Waals surface area (Å²) in [6.45, 7) is 17.9. The van der Waals surface area contributed by atoms with Crippen LogP contribution in [0.2, 0.25) is 0 Å². The second kappa shape index (κ2) is 6.85. The summed E-state index contributed by atoms with van der Waals surface area (Å²) in [6.07, 6.45) is 12.2. The Morgan fingerprint density at radius 3 is 2.30 bits per heavy atom. The number of ketones is 1. The van der Waals surface area contributed by atoms with E-state index in [1.807, 2.05) is 0 Å². The number of fused-ring (bicyclic) bond motifs is 7. The fourth-order valence-electron chi connectivity index (χ4n) is 10.8. The molecule has 182 valence electrons. The van der Waals surface area contributed by atoms with Crippen LogP contribution in [0.25, 0.3) is 0 Å². The van der Waals surface area contributed by atoms with Crippen LogP contribution < -0.4 is 0 Å². The number of carbonyl (C=O) groups excluding carboxylic acids is 1. The zero-order valence-electron chi connectivity index (χ0n) is 21.7. The van der Waals surface area contributed by atoms with Gasteiger partial charge < -0.3 is 5.11 Å². The predicted octanol–water partition coefficient (Wildman–Crippen LogP) is 7.07. The van der Waals surface area contributed by atoms with E-state index in [4.69, 9.17) is 0 Å². The largest absolute Gasteiger partial charge is 0.481 e. The van der Waals surface area contributed by atoms with Crippen LogP contribution in [0, 0.1) is 56.7 Å². The molecule has 0 amide bonds. The molecule has 33 heavy (non-hydrogen) atoms. The topological polar surface area (TPSA) is 54.4 Å². The molecule has 1 N–H and O–H groups in total. The van der Waals surface area contributed by atoms with Gasteiger partial charge in [0.05, 0.1) is 5.41 Å². The maximum absolute atomic E-state index is 13.5. The highest BCUT2D eigenvalue weighted by Gasteiger charge is 2.74. The monoisotopic (exact) mass is 452 g/mol. The molecule has 0 aromatic heterocycles. The van der Waals surface area contributed by atoms with Gasteiger partial charge in [0.1, 0.15) is 0 Å². The van der Waals surface area contributed by atoms with E-state index < -0.39 is 16.8 Å². The Labute approximate surface area is 200 Å². The van der Waals surface area contributed by atoms with Crippen LogP contribution in [0.3, 0.4) is 0 Å². The van der Waals surface area contributed by atoms with Gasteiger partial charge in [-0.25, -0.2) is 0 Å². The summed E-state index contributed by atoms with van der Waals surface area (Å²) in [5.74, 6) is 1.45. The molecular formula is C30H44O3. The summed E-state index contributed by atoms with van der Waals surface area (Å²) in [5.41, 5.74) is 0.0223. The van der Waals surface area contributed by atoms with Crippen LogP contribution in [0.4, 0.5) is 0 Å². The van der Waals surface area contributed by atoms with Crippen LogP contribution in [-0.2, 0) is 9.59 Å². The lowest BCUT2D eigenvalue weighted by Gasteiger charge is -2.70. The molecule has 0 radical (unpaired) electrons. The molecule has 5 aliphatic carbocycles. The number of hydrogen-bond acceptors (Lipinski definition) is 2. The first-order valence-electron chi connectivity index (χ1n) is 13.4. The first-order chi connectivity index (χ1) is 15.3. The molecule has 0 spiro atoms. The van der Waals surface area contributed by atoms with Gasteiger partial charge in [0.25, 0.3) is 0 Å². The van der Waals surface area contributed by atoms with E-state index in [1.54, 1.807) is 6.08 Å². The fourth-order valence-corrected chi connectivity index (χ4v) is 10.8. The number of carbonyl (C=O) groups is 2. The van der Waals surface area contributed by atoms with Crippen LogP contribution >= 0.6 is 0 Å². The summed E-state index contributed by atoms with van der Waals surface area (Å²) < 4.78 is 0. The number of hydrogen-bond donors (Lipinski definition) is 1. The van der Waals surface area contributed by atoms with Crippen LogP contribution in [0.5, 0.6) is 0 Å². The van der Waals surface area contributed by atoms with Gasteiger partial charge in [-0.2, -0.15) is 0 Å². The average Bonchev–Trinajstić information content (AvgIpc) is 3.09. The van der Waals surface area contributed by atoms with Crippen molar-refractivity contribution in [1.29, 1.82) is 0 Å². The quantitative estimate of drug-likeness (QED) is 0.456. The Bertz CT molecular complexity index is 944. The Morgan fingerprint density at radius 2 is 1.67 bits per heavy atom. The second-order valence-corrected chi connectivity index (χ2v) is 14.0. The van der Waals surface area contributed by atoms with Gasteiger partial charge in [0.15, 0.2) is 5.78 Å². The molecule has 3 heteroatoms.